The number of nitrogens with zero attached hydrogens (tertiary/aromatic N) is 1. The number of carbonyl (C=O) groups excluding carboxylic acids is 2. The van der Waals surface area contributed by atoms with Crippen molar-refractivity contribution in [2.75, 3.05) is 13.7 Å². The molecule has 1 aliphatic heterocycles. The van der Waals surface area contributed by atoms with E-state index in [1.54, 1.807) is 12.1 Å². The van der Waals surface area contributed by atoms with Gasteiger partial charge < -0.3 is 4.74 Å². The van der Waals surface area contributed by atoms with Gasteiger partial charge in [-0.2, -0.15) is 0 Å². The summed E-state index contributed by atoms with van der Waals surface area (Å²) in [5, 5.41) is 0.239. The molecule has 0 aromatic heterocycles. The Hall–Kier alpha value is -0.910. The first-order chi connectivity index (χ1) is 10.5. The molecule has 0 spiro atoms. The molecule has 1 fully saturated rings. The van der Waals surface area contributed by atoms with Crippen LogP contribution >= 0.6 is 35.0 Å². The minimum absolute atomic E-state index is 0.151. The van der Waals surface area contributed by atoms with Crippen LogP contribution in [0.3, 0.4) is 0 Å². The van der Waals surface area contributed by atoms with Crippen molar-refractivity contribution in [3.05, 3.63) is 27.7 Å². The van der Waals surface area contributed by atoms with E-state index < -0.39 is 5.25 Å². The summed E-state index contributed by atoms with van der Waals surface area (Å²) in [6.45, 7) is 2.50. The fraction of sp³-hybridized carbons (Fsp3) is 0.467. The molecule has 2 amide bonds. The normalized spacial score (nSPS) is 18.2. The standard InChI is InChI=1S/C15H17Cl2NO3S/c1-3-4-5-18-14(19)12(22-15(18)20)7-9-6-10(16)8-11(17)13(9)21-2/h6,8,12H,3-5,7H2,1-2H3/t12-/m1/s1. The van der Waals surface area contributed by atoms with E-state index in [0.29, 0.717) is 28.8 Å². The highest BCUT2D eigenvalue weighted by Crippen LogP contribution is 2.36. The maximum absolute atomic E-state index is 12.4. The van der Waals surface area contributed by atoms with Gasteiger partial charge in [-0.15, -0.1) is 0 Å². The minimum Gasteiger partial charge on any atom is -0.495 e. The molecule has 0 saturated carbocycles. The van der Waals surface area contributed by atoms with Crippen LogP contribution < -0.4 is 4.74 Å². The number of hydrogen-bond acceptors (Lipinski definition) is 4. The lowest BCUT2D eigenvalue weighted by molar-refractivity contribution is -0.126. The van der Waals surface area contributed by atoms with E-state index in [9.17, 15) is 9.59 Å². The Morgan fingerprint density at radius 3 is 2.68 bits per heavy atom. The summed E-state index contributed by atoms with van der Waals surface area (Å²) in [7, 11) is 1.51. The number of ether oxygens (including phenoxy) is 1. The number of hydrogen-bond donors (Lipinski definition) is 0. The van der Waals surface area contributed by atoms with E-state index in [4.69, 9.17) is 27.9 Å². The predicted octanol–water partition coefficient (Wildman–Crippen LogP) is 4.41. The van der Waals surface area contributed by atoms with Crippen molar-refractivity contribution < 1.29 is 14.3 Å². The van der Waals surface area contributed by atoms with E-state index in [0.717, 1.165) is 30.2 Å². The SMILES string of the molecule is CCCCN1C(=O)S[C@H](Cc2cc(Cl)cc(Cl)c2OC)C1=O. The van der Waals surface area contributed by atoms with Gasteiger partial charge in [-0.25, -0.2) is 0 Å². The quantitative estimate of drug-likeness (QED) is 0.752. The molecule has 0 unspecified atom stereocenters. The van der Waals surface area contributed by atoms with Crippen LogP contribution in [0.15, 0.2) is 12.1 Å². The fourth-order valence-electron chi connectivity index (χ4n) is 2.34. The molecule has 0 radical (unpaired) electrons. The average Bonchev–Trinajstić information content (AvgIpc) is 2.71. The minimum atomic E-state index is -0.451. The van der Waals surface area contributed by atoms with Crippen molar-refractivity contribution >= 4 is 46.1 Å². The van der Waals surface area contributed by atoms with Gasteiger partial charge in [-0.05, 0) is 30.5 Å². The third-order valence-corrected chi connectivity index (χ3v) is 5.01. The van der Waals surface area contributed by atoms with Crippen LogP contribution in [-0.4, -0.2) is 35.0 Å². The highest BCUT2D eigenvalue weighted by atomic mass is 35.5. The van der Waals surface area contributed by atoms with Gasteiger partial charge in [0, 0.05) is 11.6 Å². The van der Waals surface area contributed by atoms with Gasteiger partial charge in [0.25, 0.3) is 5.24 Å². The van der Waals surface area contributed by atoms with Gasteiger partial charge in [-0.3, -0.25) is 14.5 Å². The van der Waals surface area contributed by atoms with E-state index >= 15 is 0 Å². The Bertz CT molecular complexity index is 594. The van der Waals surface area contributed by atoms with Gasteiger partial charge in [-0.1, -0.05) is 48.3 Å². The number of rotatable bonds is 6. The Morgan fingerprint density at radius 2 is 2.05 bits per heavy atom. The van der Waals surface area contributed by atoms with Crippen molar-refractivity contribution in [3.8, 4) is 5.75 Å². The van der Waals surface area contributed by atoms with E-state index in [1.807, 2.05) is 6.92 Å². The maximum atomic E-state index is 12.4. The summed E-state index contributed by atoms with van der Waals surface area (Å²) in [6.07, 6.45) is 2.11. The molecule has 1 aliphatic rings. The molecule has 1 atom stereocenters. The molecule has 22 heavy (non-hydrogen) atoms. The van der Waals surface area contributed by atoms with Crippen LogP contribution in [0.1, 0.15) is 25.3 Å². The maximum Gasteiger partial charge on any atom is 0.289 e. The van der Waals surface area contributed by atoms with Crippen LogP contribution in [0.4, 0.5) is 4.79 Å². The molecule has 1 heterocycles. The van der Waals surface area contributed by atoms with Crippen molar-refractivity contribution in [1.82, 2.24) is 4.90 Å². The van der Waals surface area contributed by atoms with Crippen molar-refractivity contribution in [2.45, 2.75) is 31.4 Å². The number of carbonyl (C=O) groups is 2. The second-order valence-electron chi connectivity index (χ2n) is 5.00. The highest BCUT2D eigenvalue weighted by molar-refractivity contribution is 8.15. The number of imide groups is 1. The average molecular weight is 362 g/mol. The van der Waals surface area contributed by atoms with Crippen molar-refractivity contribution in [3.63, 3.8) is 0 Å². The molecular formula is C15H17Cl2NO3S. The lowest BCUT2D eigenvalue weighted by atomic mass is 10.1. The largest absolute Gasteiger partial charge is 0.495 e. The molecule has 1 aromatic rings. The van der Waals surface area contributed by atoms with E-state index in [2.05, 4.69) is 0 Å². The topological polar surface area (TPSA) is 46.6 Å². The molecule has 1 saturated heterocycles. The zero-order chi connectivity index (χ0) is 16.3. The van der Waals surface area contributed by atoms with Crippen LogP contribution in [0.5, 0.6) is 5.75 Å². The molecule has 120 valence electrons. The first-order valence-electron chi connectivity index (χ1n) is 7.01. The van der Waals surface area contributed by atoms with Crippen LogP contribution in [0, 0.1) is 0 Å². The summed E-state index contributed by atoms with van der Waals surface area (Å²) in [6, 6.07) is 3.31. The summed E-state index contributed by atoms with van der Waals surface area (Å²) >= 11 is 13.2. The van der Waals surface area contributed by atoms with Crippen molar-refractivity contribution in [1.29, 1.82) is 0 Å². The number of thioether (sulfide) groups is 1. The molecule has 7 heteroatoms. The molecular weight excluding hydrogens is 345 g/mol. The van der Waals surface area contributed by atoms with Gasteiger partial charge in [0.1, 0.15) is 5.75 Å². The highest BCUT2D eigenvalue weighted by Gasteiger charge is 2.39. The third-order valence-electron chi connectivity index (χ3n) is 3.43. The van der Waals surface area contributed by atoms with Gasteiger partial charge in [0.2, 0.25) is 5.91 Å². The van der Waals surface area contributed by atoms with E-state index in [1.165, 1.54) is 12.0 Å². The first kappa shape index (κ1) is 17.4. The molecule has 0 bridgehead atoms. The molecule has 4 nitrogen and oxygen atoms in total. The Labute approximate surface area is 144 Å². The number of halogens is 2. The van der Waals surface area contributed by atoms with Crippen molar-refractivity contribution in [2.24, 2.45) is 0 Å². The van der Waals surface area contributed by atoms with E-state index in [-0.39, 0.29) is 11.1 Å². The second kappa shape index (κ2) is 7.57. The van der Waals surface area contributed by atoms with Gasteiger partial charge in [0.05, 0.1) is 17.4 Å². The van der Waals surface area contributed by atoms with Gasteiger partial charge in [0.15, 0.2) is 0 Å². The summed E-state index contributed by atoms with van der Waals surface area (Å²) in [5.74, 6) is 0.348. The van der Waals surface area contributed by atoms with Crippen LogP contribution in [-0.2, 0) is 11.2 Å². The lowest BCUT2D eigenvalue weighted by Gasteiger charge is -2.15. The Kier molecular flexibility index (Phi) is 6.01. The summed E-state index contributed by atoms with van der Waals surface area (Å²) in [5.41, 5.74) is 0.732. The van der Waals surface area contributed by atoms with Gasteiger partial charge >= 0.3 is 0 Å². The smallest absolute Gasteiger partial charge is 0.289 e. The number of methoxy groups -OCH3 is 1. The summed E-state index contributed by atoms with van der Waals surface area (Å²) in [4.78, 5) is 25.7. The summed E-state index contributed by atoms with van der Waals surface area (Å²) < 4.78 is 5.29. The fourth-order valence-corrected chi connectivity index (χ4v) is 4.00. The third kappa shape index (κ3) is 3.70. The Morgan fingerprint density at radius 1 is 1.32 bits per heavy atom. The zero-order valence-corrected chi connectivity index (χ0v) is 14.7. The second-order valence-corrected chi connectivity index (χ2v) is 7.00. The number of amides is 2. The van der Waals surface area contributed by atoms with Crippen LogP contribution in [0.2, 0.25) is 10.0 Å². The zero-order valence-electron chi connectivity index (χ0n) is 12.4. The molecule has 1 aromatic carbocycles. The molecule has 2 rings (SSSR count). The molecule has 0 N–H and O–H groups in total. The molecule has 0 aliphatic carbocycles. The first-order valence-corrected chi connectivity index (χ1v) is 8.65. The Balaban J connectivity index is 2.18. The number of benzene rings is 1. The lowest BCUT2D eigenvalue weighted by Crippen LogP contribution is -2.33. The number of unbranched alkanes of at least 4 members (excludes halogenated alkanes) is 1. The van der Waals surface area contributed by atoms with Crippen LogP contribution in [0.25, 0.3) is 0 Å². The predicted molar refractivity (Wildman–Crippen MR) is 90.1 cm³/mol. The monoisotopic (exact) mass is 361 g/mol.